The largest absolute Gasteiger partial charge is 0.481 e. The van der Waals surface area contributed by atoms with Crippen molar-refractivity contribution >= 4 is 29.1 Å². The monoisotopic (exact) mass is 346 g/mol. The lowest BCUT2D eigenvalue weighted by atomic mass is 10.1. The van der Waals surface area contributed by atoms with Gasteiger partial charge in [0.1, 0.15) is 5.75 Å². The fraction of sp³-hybridized carbons (Fsp3) is 0.222. The molecule has 2 amide bonds. The summed E-state index contributed by atoms with van der Waals surface area (Å²) in [4.78, 5) is 23.9. The predicted octanol–water partition coefficient (Wildman–Crippen LogP) is 3.54. The van der Waals surface area contributed by atoms with Crippen molar-refractivity contribution in [2.24, 2.45) is 5.73 Å². The molecule has 0 fully saturated rings. The van der Waals surface area contributed by atoms with Crippen LogP contribution in [0.3, 0.4) is 0 Å². The predicted molar refractivity (Wildman–Crippen MR) is 94.5 cm³/mol. The Morgan fingerprint density at radius 3 is 2.58 bits per heavy atom. The van der Waals surface area contributed by atoms with Gasteiger partial charge in [0.2, 0.25) is 5.91 Å². The summed E-state index contributed by atoms with van der Waals surface area (Å²) in [5, 5.41) is 3.32. The molecular formula is C18H19ClN2O3. The minimum Gasteiger partial charge on any atom is -0.481 e. The summed E-state index contributed by atoms with van der Waals surface area (Å²) in [6, 6.07) is 11.9. The molecule has 0 saturated heterocycles. The number of anilines is 1. The number of nitrogens with one attached hydrogen (secondary N) is 1. The Balaban J connectivity index is 2.15. The average Bonchev–Trinajstić information content (AvgIpc) is 2.54. The molecule has 0 aliphatic carbocycles. The van der Waals surface area contributed by atoms with Gasteiger partial charge in [-0.15, -0.1) is 0 Å². The van der Waals surface area contributed by atoms with Gasteiger partial charge in [-0.2, -0.15) is 0 Å². The Morgan fingerprint density at radius 1 is 1.25 bits per heavy atom. The normalized spacial score (nSPS) is 11.6. The van der Waals surface area contributed by atoms with E-state index in [0.29, 0.717) is 34.0 Å². The van der Waals surface area contributed by atoms with Gasteiger partial charge in [0.05, 0.1) is 0 Å². The molecule has 0 aliphatic rings. The highest BCUT2D eigenvalue weighted by Gasteiger charge is 2.20. The fourth-order valence-electron chi connectivity index (χ4n) is 2.28. The van der Waals surface area contributed by atoms with Gasteiger partial charge in [0, 0.05) is 16.3 Å². The number of nitrogens with two attached hydrogens (primary N) is 1. The van der Waals surface area contributed by atoms with Crippen LogP contribution in [0.1, 0.15) is 29.3 Å². The molecule has 3 N–H and O–H groups in total. The van der Waals surface area contributed by atoms with E-state index in [-0.39, 0.29) is 5.91 Å². The van der Waals surface area contributed by atoms with Crippen molar-refractivity contribution in [3.05, 3.63) is 58.6 Å². The van der Waals surface area contributed by atoms with Crippen LogP contribution in [0.5, 0.6) is 5.75 Å². The van der Waals surface area contributed by atoms with Crippen molar-refractivity contribution in [1.82, 2.24) is 0 Å². The Morgan fingerprint density at radius 2 is 1.96 bits per heavy atom. The summed E-state index contributed by atoms with van der Waals surface area (Å²) < 4.78 is 5.71. The fourth-order valence-corrected chi connectivity index (χ4v) is 2.46. The minimum absolute atomic E-state index is 0.304. The number of halogens is 1. The molecule has 0 bridgehead atoms. The number of rotatable bonds is 6. The molecule has 1 unspecified atom stereocenters. The first-order chi connectivity index (χ1) is 11.4. The third kappa shape index (κ3) is 4.26. The highest BCUT2D eigenvalue weighted by Crippen LogP contribution is 2.22. The molecule has 2 aromatic carbocycles. The molecule has 0 aliphatic heterocycles. The molecule has 2 rings (SSSR count). The van der Waals surface area contributed by atoms with Gasteiger partial charge in [0.15, 0.2) is 6.10 Å². The highest BCUT2D eigenvalue weighted by molar-refractivity contribution is 6.30. The zero-order valence-corrected chi connectivity index (χ0v) is 14.3. The smallest absolute Gasteiger partial charge is 0.265 e. The van der Waals surface area contributed by atoms with Crippen LogP contribution in [-0.4, -0.2) is 17.9 Å². The van der Waals surface area contributed by atoms with E-state index >= 15 is 0 Å². The van der Waals surface area contributed by atoms with E-state index in [1.54, 1.807) is 49.4 Å². The first kappa shape index (κ1) is 17.8. The minimum atomic E-state index is -0.680. The van der Waals surface area contributed by atoms with Crippen LogP contribution >= 0.6 is 11.6 Å². The number of hydrogen-bond acceptors (Lipinski definition) is 3. The van der Waals surface area contributed by atoms with Crippen molar-refractivity contribution in [3.63, 3.8) is 0 Å². The van der Waals surface area contributed by atoms with Gasteiger partial charge in [-0.1, -0.05) is 30.7 Å². The topological polar surface area (TPSA) is 81.4 Å². The third-order valence-electron chi connectivity index (χ3n) is 3.59. The van der Waals surface area contributed by atoms with Gasteiger partial charge >= 0.3 is 0 Å². The maximum atomic E-state index is 12.5. The van der Waals surface area contributed by atoms with E-state index in [4.69, 9.17) is 22.1 Å². The van der Waals surface area contributed by atoms with Gasteiger partial charge in [-0.3, -0.25) is 9.59 Å². The number of benzene rings is 2. The molecule has 24 heavy (non-hydrogen) atoms. The van der Waals surface area contributed by atoms with Crippen molar-refractivity contribution in [1.29, 1.82) is 0 Å². The Labute approximate surface area is 145 Å². The van der Waals surface area contributed by atoms with Gasteiger partial charge < -0.3 is 15.8 Å². The van der Waals surface area contributed by atoms with E-state index in [1.807, 2.05) is 6.92 Å². The summed E-state index contributed by atoms with van der Waals surface area (Å²) in [7, 11) is 0. The van der Waals surface area contributed by atoms with Crippen LogP contribution in [0, 0.1) is 6.92 Å². The second kappa shape index (κ2) is 7.84. The molecule has 0 spiro atoms. The molecule has 0 saturated carbocycles. The average molecular weight is 347 g/mol. The van der Waals surface area contributed by atoms with E-state index in [9.17, 15) is 9.59 Å². The quantitative estimate of drug-likeness (QED) is 0.839. The molecule has 0 heterocycles. The van der Waals surface area contributed by atoms with Crippen molar-refractivity contribution in [2.75, 3.05) is 5.32 Å². The van der Waals surface area contributed by atoms with Crippen LogP contribution < -0.4 is 15.8 Å². The summed E-state index contributed by atoms with van der Waals surface area (Å²) >= 11 is 5.92. The second-order valence-electron chi connectivity index (χ2n) is 5.30. The number of carbonyl (C=O) groups is 2. The molecule has 6 heteroatoms. The van der Waals surface area contributed by atoms with Crippen LogP contribution in [0.25, 0.3) is 0 Å². The summed E-state index contributed by atoms with van der Waals surface area (Å²) in [5.74, 6) is -0.319. The Hall–Kier alpha value is -2.53. The second-order valence-corrected chi connectivity index (χ2v) is 5.74. The lowest BCUT2D eigenvalue weighted by Gasteiger charge is -2.18. The molecule has 2 aromatic rings. The number of primary amides is 1. The van der Waals surface area contributed by atoms with E-state index in [1.165, 1.54) is 0 Å². The maximum absolute atomic E-state index is 12.5. The lowest BCUT2D eigenvalue weighted by Crippen LogP contribution is -2.32. The maximum Gasteiger partial charge on any atom is 0.265 e. The zero-order chi connectivity index (χ0) is 17.7. The van der Waals surface area contributed by atoms with Crippen LogP contribution in [-0.2, 0) is 4.79 Å². The zero-order valence-electron chi connectivity index (χ0n) is 13.5. The Kier molecular flexibility index (Phi) is 5.82. The lowest BCUT2D eigenvalue weighted by molar-refractivity contribution is -0.122. The van der Waals surface area contributed by atoms with E-state index in [0.717, 1.165) is 0 Å². The van der Waals surface area contributed by atoms with Crippen molar-refractivity contribution in [2.45, 2.75) is 26.4 Å². The molecular weight excluding hydrogens is 328 g/mol. The van der Waals surface area contributed by atoms with Crippen LogP contribution in [0.15, 0.2) is 42.5 Å². The number of ether oxygens (including phenoxy) is 1. The van der Waals surface area contributed by atoms with E-state index in [2.05, 4.69) is 5.32 Å². The molecule has 5 nitrogen and oxygen atoms in total. The molecule has 1 atom stereocenters. The van der Waals surface area contributed by atoms with Crippen molar-refractivity contribution in [3.8, 4) is 5.75 Å². The first-order valence-corrected chi connectivity index (χ1v) is 7.92. The number of amides is 2. The molecule has 0 aromatic heterocycles. The molecule has 0 radical (unpaired) electrons. The Bertz CT molecular complexity index is 762. The summed E-state index contributed by atoms with van der Waals surface area (Å²) in [5.41, 5.74) is 6.85. The summed E-state index contributed by atoms with van der Waals surface area (Å²) in [6.07, 6.45) is -0.201. The number of hydrogen-bond donors (Lipinski definition) is 2. The highest BCUT2D eigenvalue weighted by atomic mass is 35.5. The molecule has 126 valence electrons. The van der Waals surface area contributed by atoms with Gasteiger partial charge in [-0.25, -0.2) is 0 Å². The van der Waals surface area contributed by atoms with Crippen LogP contribution in [0.2, 0.25) is 5.02 Å². The van der Waals surface area contributed by atoms with Crippen molar-refractivity contribution < 1.29 is 14.3 Å². The third-order valence-corrected chi connectivity index (χ3v) is 3.83. The number of carbonyl (C=O) groups excluding carboxylic acids is 2. The first-order valence-electron chi connectivity index (χ1n) is 7.55. The van der Waals surface area contributed by atoms with Gasteiger partial charge in [0.25, 0.3) is 5.91 Å². The summed E-state index contributed by atoms with van der Waals surface area (Å²) in [6.45, 7) is 3.58. The SMILES string of the molecule is CCC(Oc1cccc(Cl)c1)C(=O)Nc1cccc(C(N)=O)c1C. The van der Waals surface area contributed by atoms with Crippen LogP contribution in [0.4, 0.5) is 5.69 Å². The standard InChI is InChI=1S/C18H19ClN2O3/c1-3-16(24-13-7-4-6-12(19)10-13)18(23)21-15-9-5-8-14(11(15)2)17(20)22/h4-10,16H,3H2,1-2H3,(H2,20,22)(H,21,23). The van der Waals surface area contributed by atoms with E-state index < -0.39 is 12.0 Å². The van der Waals surface area contributed by atoms with Gasteiger partial charge in [-0.05, 0) is 49.2 Å².